The third-order valence-corrected chi connectivity index (χ3v) is 9.08. The summed E-state index contributed by atoms with van der Waals surface area (Å²) in [7, 11) is 0. The van der Waals surface area contributed by atoms with Crippen molar-refractivity contribution in [1.29, 1.82) is 0 Å². The minimum absolute atomic E-state index is 0.0350. The number of esters is 1. The van der Waals surface area contributed by atoms with E-state index in [9.17, 15) is 34.1 Å². The minimum Gasteiger partial charge on any atom is -0.423 e. The largest absolute Gasteiger partial charge is 0.423 e. The second-order valence-electron chi connectivity index (χ2n) is 11.0. The maximum atomic E-state index is 13.7. The number of hydrazine groups is 1. The highest BCUT2D eigenvalue weighted by molar-refractivity contribution is 6.36. The van der Waals surface area contributed by atoms with Gasteiger partial charge in [-0.1, -0.05) is 23.2 Å². The zero-order valence-electron chi connectivity index (χ0n) is 22.9. The Morgan fingerprint density at radius 2 is 1.48 bits per heavy atom. The number of carbonyl (C=O) groups excluding carboxylic acids is 5. The molecule has 3 fully saturated rings. The van der Waals surface area contributed by atoms with E-state index in [1.807, 2.05) is 0 Å². The molecule has 224 valence electrons. The molecule has 0 N–H and O–H groups in total. The zero-order valence-corrected chi connectivity index (χ0v) is 24.4. The number of imide groups is 1. The second-order valence-corrected chi connectivity index (χ2v) is 11.8. The van der Waals surface area contributed by atoms with E-state index in [-0.39, 0.29) is 45.0 Å². The number of carbonyl (C=O) groups is 5. The molecule has 1 aliphatic heterocycles. The van der Waals surface area contributed by atoms with E-state index in [0.29, 0.717) is 5.02 Å². The van der Waals surface area contributed by atoms with Crippen molar-refractivity contribution < 1.29 is 33.6 Å². The van der Waals surface area contributed by atoms with Crippen molar-refractivity contribution in [2.75, 3.05) is 6.54 Å². The summed E-state index contributed by atoms with van der Waals surface area (Å²) in [6, 6.07) is 14.5. The summed E-state index contributed by atoms with van der Waals surface area (Å²) in [5, 5.41) is 13.2. The number of benzene rings is 3. The maximum Gasteiger partial charge on any atom is 0.345 e. The highest BCUT2D eigenvalue weighted by Crippen LogP contribution is 2.56. The fourth-order valence-corrected chi connectivity index (χ4v) is 6.98. The lowest BCUT2D eigenvalue weighted by Crippen LogP contribution is -2.52. The molecule has 3 amide bonds. The Balaban J connectivity index is 1.24. The van der Waals surface area contributed by atoms with Crippen LogP contribution in [0.25, 0.3) is 0 Å². The molecule has 0 radical (unpaired) electrons. The fourth-order valence-electron chi connectivity index (χ4n) is 6.49. The van der Waals surface area contributed by atoms with E-state index in [4.69, 9.17) is 27.9 Å². The number of non-ortho nitro benzene ring substituents is 1. The van der Waals surface area contributed by atoms with Crippen molar-refractivity contribution in [2.45, 2.75) is 19.3 Å². The number of rotatable bonds is 8. The third-order valence-electron chi connectivity index (χ3n) is 8.54. The van der Waals surface area contributed by atoms with Gasteiger partial charge in [-0.3, -0.25) is 29.3 Å². The van der Waals surface area contributed by atoms with Crippen LogP contribution in [-0.2, 0) is 9.59 Å². The van der Waals surface area contributed by atoms with Gasteiger partial charge in [-0.25, -0.2) is 9.80 Å². The van der Waals surface area contributed by atoms with Gasteiger partial charge in [-0.15, -0.1) is 0 Å². The second kappa shape index (κ2) is 11.5. The molecule has 1 saturated heterocycles. The average Bonchev–Trinajstić information content (AvgIpc) is 3.69. The summed E-state index contributed by atoms with van der Waals surface area (Å²) in [6.45, 7) is -0.651. The highest BCUT2D eigenvalue weighted by Gasteiger charge is 2.62. The molecule has 44 heavy (non-hydrogen) atoms. The summed E-state index contributed by atoms with van der Waals surface area (Å²) in [6.07, 6.45) is 2.45. The van der Waals surface area contributed by atoms with E-state index < -0.39 is 52.8 Å². The number of halogens is 2. The maximum absolute atomic E-state index is 13.7. The van der Waals surface area contributed by atoms with Crippen LogP contribution in [0.5, 0.6) is 5.75 Å². The van der Waals surface area contributed by atoms with Crippen LogP contribution < -0.4 is 4.74 Å². The molecule has 11 nitrogen and oxygen atoms in total. The van der Waals surface area contributed by atoms with E-state index in [2.05, 4.69) is 0 Å². The van der Waals surface area contributed by atoms with Crippen LogP contribution in [0.15, 0.2) is 66.7 Å². The van der Waals surface area contributed by atoms with Gasteiger partial charge in [0.2, 0.25) is 0 Å². The van der Waals surface area contributed by atoms with Gasteiger partial charge in [0.1, 0.15) is 12.3 Å². The standard InChI is InChI=1S/C31H23Cl2N3O8/c32-20-7-12-23(24(33)14-20)31(41)44-22-10-5-16(6-11-22)25(37)15-34(28(38)17-3-8-21(9-4-17)36(42)43)35-29(39)26-18-1-2-19(13-18)27(26)30(35)40/h3-12,14,18-19,26-27H,1-2,13,15H2/t18-,19-,26-,27+/m0/s1. The number of ketones is 1. The molecule has 3 aliphatic rings. The summed E-state index contributed by atoms with van der Waals surface area (Å²) < 4.78 is 5.35. The first-order valence-electron chi connectivity index (χ1n) is 13.8. The molecule has 0 unspecified atom stereocenters. The molecule has 2 aliphatic carbocycles. The lowest BCUT2D eigenvalue weighted by Gasteiger charge is -2.30. The predicted molar refractivity (Wildman–Crippen MR) is 156 cm³/mol. The quantitative estimate of drug-likeness (QED) is 0.0800. The Hall–Kier alpha value is -4.61. The smallest absolute Gasteiger partial charge is 0.345 e. The first kappa shape index (κ1) is 29.5. The minimum atomic E-state index is -0.826. The SMILES string of the molecule is O=C(CN(C(=O)c1ccc([N+](=O)[O-])cc1)N1C(=O)[C@@H]2[C@H]3CC[C@@H](C3)[C@@H]2C1=O)c1ccc(OC(=O)c2ccc(Cl)cc2Cl)cc1. The van der Waals surface area contributed by atoms with Gasteiger partial charge in [-0.2, -0.15) is 5.01 Å². The van der Waals surface area contributed by atoms with Gasteiger partial charge in [0, 0.05) is 28.3 Å². The van der Waals surface area contributed by atoms with Crippen LogP contribution in [0.4, 0.5) is 5.69 Å². The topological polar surface area (TPSA) is 144 Å². The van der Waals surface area contributed by atoms with Gasteiger partial charge in [-0.05, 0) is 85.7 Å². The van der Waals surface area contributed by atoms with Gasteiger partial charge in [0.25, 0.3) is 23.4 Å². The Morgan fingerprint density at radius 3 is 2.05 bits per heavy atom. The number of nitro groups is 1. The van der Waals surface area contributed by atoms with Crippen LogP contribution >= 0.6 is 23.2 Å². The van der Waals surface area contributed by atoms with Crippen molar-refractivity contribution in [3.63, 3.8) is 0 Å². The molecular formula is C31H23Cl2N3O8. The molecular weight excluding hydrogens is 613 g/mol. The van der Waals surface area contributed by atoms with Crippen molar-refractivity contribution in [2.24, 2.45) is 23.7 Å². The van der Waals surface area contributed by atoms with E-state index in [0.717, 1.165) is 41.4 Å². The number of nitro benzene ring substituents is 1. The van der Waals surface area contributed by atoms with E-state index in [1.165, 1.54) is 54.6 Å². The van der Waals surface area contributed by atoms with E-state index in [1.54, 1.807) is 0 Å². The number of nitrogens with zero attached hydrogens (tertiary/aromatic N) is 3. The Kier molecular flexibility index (Phi) is 7.68. The Morgan fingerprint density at radius 1 is 0.886 bits per heavy atom. The molecule has 2 saturated carbocycles. The van der Waals surface area contributed by atoms with Gasteiger partial charge in [0.05, 0.1) is 27.3 Å². The Bertz CT molecular complexity index is 1700. The molecule has 0 aromatic heterocycles. The highest BCUT2D eigenvalue weighted by atomic mass is 35.5. The number of hydrogen-bond acceptors (Lipinski definition) is 8. The molecule has 1 heterocycles. The Labute approximate surface area is 260 Å². The van der Waals surface area contributed by atoms with Gasteiger partial charge >= 0.3 is 5.97 Å². The lowest BCUT2D eigenvalue weighted by molar-refractivity contribution is -0.384. The van der Waals surface area contributed by atoms with Crippen molar-refractivity contribution in [1.82, 2.24) is 10.0 Å². The van der Waals surface area contributed by atoms with Crippen molar-refractivity contribution in [3.8, 4) is 5.75 Å². The summed E-state index contributed by atoms with van der Waals surface area (Å²) in [4.78, 5) is 77.4. The summed E-state index contributed by atoms with van der Waals surface area (Å²) >= 11 is 12.0. The fraction of sp³-hybridized carbons (Fsp3) is 0.258. The molecule has 0 spiro atoms. The van der Waals surface area contributed by atoms with Crippen LogP contribution in [-0.4, -0.2) is 51.0 Å². The molecule has 4 atom stereocenters. The van der Waals surface area contributed by atoms with Crippen LogP contribution in [0.3, 0.4) is 0 Å². The predicted octanol–water partition coefficient (Wildman–Crippen LogP) is 5.39. The first-order chi connectivity index (χ1) is 21.0. The van der Waals surface area contributed by atoms with Crippen LogP contribution in [0, 0.1) is 33.8 Å². The van der Waals surface area contributed by atoms with E-state index >= 15 is 0 Å². The molecule has 3 aromatic rings. The van der Waals surface area contributed by atoms with Crippen LogP contribution in [0.1, 0.15) is 50.3 Å². The van der Waals surface area contributed by atoms with Gasteiger partial charge < -0.3 is 4.74 Å². The number of hydrogen-bond donors (Lipinski definition) is 0. The van der Waals surface area contributed by atoms with Gasteiger partial charge in [0.15, 0.2) is 5.78 Å². The van der Waals surface area contributed by atoms with Crippen molar-refractivity contribution >= 4 is 58.4 Å². The molecule has 6 rings (SSSR count). The van der Waals surface area contributed by atoms with Crippen LogP contribution in [0.2, 0.25) is 10.0 Å². The number of ether oxygens (including phenoxy) is 1. The molecule has 2 bridgehead atoms. The molecule has 13 heteroatoms. The summed E-state index contributed by atoms with van der Waals surface area (Å²) in [5.74, 6) is -4.05. The zero-order chi connectivity index (χ0) is 31.3. The van der Waals surface area contributed by atoms with Crippen molar-refractivity contribution in [3.05, 3.63) is 104 Å². The first-order valence-corrected chi connectivity index (χ1v) is 14.5. The number of amides is 3. The number of fused-ring (bicyclic) bond motifs is 5. The number of Topliss-reactive ketones (excluding diaryl/α,β-unsaturated/α-hetero) is 1. The monoisotopic (exact) mass is 635 g/mol. The summed E-state index contributed by atoms with van der Waals surface area (Å²) in [5.41, 5.74) is -0.0696. The normalized spacial score (nSPS) is 21.7. The average molecular weight is 636 g/mol. The lowest BCUT2D eigenvalue weighted by atomic mass is 9.81. The molecule has 3 aromatic carbocycles. The third kappa shape index (κ3) is 5.22.